The highest BCUT2D eigenvalue weighted by Gasteiger charge is 2.29. The minimum atomic E-state index is -3.57. The molecule has 1 N–H and O–H groups in total. The number of hydrogen-bond acceptors (Lipinski definition) is 6. The van der Waals surface area contributed by atoms with Crippen LogP contribution in [0.4, 0.5) is 5.69 Å². The van der Waals surface area contributed by atoms with Crippen LogP contribution in [0.3, 0.4) is 0 Å². The van der Waals surface area contributed by atoms with E-state index in [2.05, 4.69) is 5.32 Å². The van der Waals surface area contributed by atoms with Gasteiger partial charge in [-0.15, -0.1) is 0 Å². The Hall–Kier alpha value is -3.27. The summed E-state index contributed by atoms with van der Waals surface area (Å²) in [5.41, 5.74) is 1.34. The molecule has 1 aliphatic rings. The second-order valence-electron chi connectivity index (χ2n) is 9.68. The van der Waals surface area contributed by atoms with Gasteiger partial charge in [-0.05, 0) is 68.1 Å². The molecule has 0 heterocycles. The molecule has 2 amide bonds. The van der Waals surface area contributed by atoms with Crippen molar-refractivity contribution in [1.29, 1.82) is 0 Å². The highest BCUT2D eigenvalue weighted by Crippen LogP contribution is 2.23. The molecule has 0 bridgehead atoms. The van der Waals surface area contributed by atoms with Gasteiger partial charge in [-0.2, -0.15) is 0 Å². The first-order valence-corrected chi connectivity index (χ1v) is 14.8. The van der Waals surface area contributed by atoms with Gasteiger partial charge in [0.05, 0.1) is 26.2 Å². The van der Waals surface area contributed by atoms with Crippen molar-refractivity contribution in [2.45, 2.75) is 64.1 Å². The van der Waals surface area contributed by atoms with E-state index in [1.165, 1.54) is 4.31 Å². The number of ether oxygens (including phenoxy) is 2. The average Bonchev–Trinajstić information content (AvgIpc) is 3.41. The first-order chi connectivity index (χ1) is 18.1. The smallest absolute Gasteiger partial charge is 0.242 e. The van der Waals surface area contributed by atoms with Gasteiger partial charge in [0.15, 0.2) is 0 Å². The Morgan fingerprint density at radius 1 is 1.03 bits per heavy atom. The van der Waals surface area contributed by atoms with Gasteiger partial charge in [0.25, 0.3) is 0 Å². The molecule has 1 fully saturated rings. The van der Waals surface area contributed by atoms with Crippen molar-refractivity contribution < 1.29 is 27.5 Å². The Kier molecular flexibility index (Phi) is 10.4. The van der Waals surface area contributed by atoms with E-state index in [-0.39, 0.29) is 37.4 Å². The molecule has 9 nitrogen and oxygen atoms in total. The van der Waals surface area contributed by atoms with Crippen molar-refractivity contribution in [2.24, 2.45) is 0 Å². The standard InChI is InChI=1S/C28H39N3O6S/c1-21(28(33)29-23-10-5-6-11-23)30(20-22-9-7-12-26(19-22)37-3)27(32)13-8-18-31(38(4,34)35)24-14-16-25(36-2)17-15-24/h7,9,12,14-17,19,21,23H,5-6,8,10-11,13,18,20H2,1-4H3,(H,29,33). The van der Waals surface area contributed by atoms with Crippen molar-refractivity contribution in [1.82, 2.24) is 10.2 Å². The molecule has 0 spiro atoms. The topological polar surface area (TPSA) is 105 Å². The molecule has 0 saturated heterocycles. The Labute approximate surface area is 226 Å². The summed E-state index contributed by atoms with van der Waals surface area (Å²) in [5, 5.41) is 3.09. The molecule has 0 aliphatic heterocycles. The first kappa shape index (κ1) is 29.3. The number of methoxy groups -OCH3 is 2. The molecule has 208 valence electrons. The van der Waals surface area contributed by atoms with Crippen LogP contribution in [-0.2, 0) is 26.2 Å². The number of anilines is 1. The lowest BCUT2D eigenvalue weighted by Gasteiger charge is -2.30. The van der Waals surface area contributed by atoms with E-state index < -0.39 is 16.1 Å². The van der Waals surface area contributed by atoms with Crippen LogP contribution in [-0.4, -0.2) is 64.2 Å². The lowest BCUT2D eigenvalue weighted by atomic mass is 10.1. The first-order valence-electron chi connectivity index (χ1n) is 13.0. The van der Waals surface area contributed by atoms with Crippen LogP contribution >= 0.6 is 0 Å². The van der Waals surface area contributed by atoms with Gasteiger partial charge in [-0.1, -0.05) is 25.0 Å². The summed E-state index contributed by atoms with van der Waals surface area (Å²) in [5.74, 6) is 0.894. The quantitative estimate of drug-likeness (QED) is 0.411. The molecule has 0 aromatic heterocycles. The van der Waals surface area contributed by atoms with E-state index in [0.29, 0.717) is 23.6 Å². The highest BCUT2D eigenvalue weighted by atomic mass is 32.2. The lowest BCUT2D eigenvalue weighted by Crippen LogP contribution is -2.49. The van der Waals surface area contributed by atoms with Crippen LogP contribution in [0.1, 0.15) is 51.0 Å². The Morgan fingerprint density at radius 2 is 1.68 bits per heavy atom. The van der Waals surface area contributed by atoms with Crippen LogP contribution in [0, 0.1) is 0 Å². The van der Waals surface area contributed by atoms with Gasteiger partial charge in [0.2, 0.25) is 21.8 Å². The zero-order chi connectivity index (χ0) is 27.7. The van der Waals surface area contributed by atoms with Crippen molar-refractivity contribution >= 4 is 27.5 Å². The lowest BCUT2D eigenvalue weighted by molar-refractivity contribution is -0.141. The third-order valence-corrected chi connectivity index (χ3v) is 8.06. The molecule has 3 rings (SSSR count). The van der Waals surface area contributed by atoms with E-state index in [0.717, 1.165) is 37.5 Å². The minimum absolute atomic E-state index is 0.0905. The predicted octanol–water partition coefficient (Wildman–Crippen LogP) is 3.73. The number of rotatable bonds is 13. The average molecular weight is 546 g/mol. The van der Waals surface area contributed by atoms with Gasteiger partial charge < -0.3 is 19.7 Å². The number of benzene rings is 2. The maximum atomic E-state index is 13.5. The number of amides is 2. The summed E-state index contributed by atoms with van der Waals surface area (Å²) in [4.78, 5) is 28.1. The maximum absolute atomic E-state index is 13.5. The van der Waals surface area contributed by atoms with Gasteiger partial charge in [0.1, 0.15) is 17.5 Å². The largest absolute Gasteiger partial charge is 0.497 e. The number of sulfonamides is 1. The maximum Gasteiger partial charge on any atom is 0.242 e. The second-order valence-corrected chi connectivity index (χ2v) is 11.6. The van der Waals surface area contributed by atoms with Gasteiger partial charge in [-0.3, -0.25) is 13.9 Å². The van der Waals surface area contributed by atoms with Gasteiger partial charge in [0, 0.05) is 25.6 Å². The van der Waals surface area contributed by atoms with E-state index in [1.807, 2.05) is 24.3 Å². The summed E-state index contributed by atoms with van der Waals surface area (Å²) < 4.78 is 36.8. The number of carbonyl (C=O) groups is 2. The molecule has 10 heteroatoms. The van der Waals surface area contributed by atoms with Crippen molar-refractivity contribution in [3.63, 3.8) is 0 Å². The fourth-order valence-corrected chi connectivity index (χ4v) is 5.66. The normalized spacial score (nSPS) is 14.5. The van der Waals surface area contributed by atoms with E-state index in [1.54, 1.807) is 50.3 Å². The number of carbonyl (C=O) groups excluding carboxylic acids is 2. The fraction of sp³-hybridized carbons (Fsp3) is 0.500. The highest BCUT2D eigenvalue weighted by molar-refractivity contribution is 7.92. The molecule has 1 atom stereocenters. The van der Waals surface area contributed by atoms with E-state index >= 15 is 0 Å². The summed E-state index contributed by atoms with van der Waals surface area (Å²) >= 11 is 0. The summed E-state index contributed by atoms with van der Waals surface area (Å²) in [6.07, 6.45) is 5.62. The van der Waals surface area contributed by atoms with Crippen LogP contribution in [0.2, 0.25) is 0 Å². The molecule has 1 aliphatic carbocycles. The molecule has 1 unspecified atom stereocenters. The van der Waals surface area contributed by atoms with E-state index in [4.69, 9.17) is 9.47 Å². The third kappa shape index (κ3) is 8.11. The van der Waals surface area contributed by atoms with Gasteiger partial charge >= 0.3 is 0 Å². The van der Waals surface area contributed by atoms with E-state index in [9.17, 15) is 18.0 Å². The third-order valence-electron chi connectivity index (χ3n) is 6.87. The fourth-order valence-electron chi connectivity index (χ4n) is 4.69. The molecular formula is C28H39N3O6S. The van der Waals surface area contributed by atoms with Crippen LogP contribution in [0.15, 0.2) is 48.5 Å². The Balaban J connectivity index is 1.72. The van der Waals surface area contributed by atoms with Crippen molar-refractivity contribution in [2.75, 3.05) is 31.3 Å². The molecule has 2 aromatic carbocycles. The predicted molar refractivity (Wildman–Crippen MR) is 148 cm³/mol. The van der Waals surface area contributed by atoms with Crippen LogP contribution in [0.25, 0.3) is 0 Å². The van der Waals surface area contributed by atoms with Crippen LogP contribution in [0.5, 0.6) is 11.5 Å². The molecule has 1 saturated carbocycles. The Bertz CT molecular complexity index is 1180. The second kappa shape index (κ2) is 13.5. The Morgan fingerprint density at radius 3 is 2.29 bits per heavy atom. The molecule has 38 heavy (non-hydrogen) atoms. The van der Waals surface area contributed by atoms with Crippen molar-refractivity contribution in [3.05, 3.63) is 54.1 Å². The molecule has 2 aromatic rings. The number of nitrogens with zero attached hydrogens (tertiary/aromatic N) is 2. The zero-order valence-electron chi connectivity index (χ0n) is 22.7. The minimum Gasteiger partial charge on any atom is -0.497 e. The molecular weight excluding hydrogens is 506 g/mol. The summed E-state index contributed by atoms with van der Waals surface area (Å²) in [7, 11) is -0.443. The SMILES string of the molecule is COc1ccc(N(CCCC(=O)N(Cc2cccc(OC)c2)C(C)C(=O)NC2CCCC2)S(C)(=O)=O)cc1. The van der Waals surface area contributed by atoms with Crippen molar-refractivity contribution in [3.8, 4) is 11.5 Å². The van der Waals surface area contributed by atoms with Gasteiger partial charge in [-0.25, -0.2) is 8.42 Å². The number of hydrogen-bond donors (Lipinski definition) is 1. The van der Waals surface area contributed by atoms with Crippen LogP contribution < -0.4 is 19.1 Å². The zero-order valence-corrected chi connectivity index (χ0v) is 23.5. The summed E-state index contributed by atoms with van der Waals surface area (Å²) in [6, 6.07) is 13.6. The summed E-state index contributed by atoms with van der Waals surface area (Å²) in [6.45, 7) is 2.11. The molecule has 0 radical (unpaired) electrons. The number of nitrogens with one attached hydrogen (secondary N) is 1. The monoisotopic (exact) mass is 545 g/mol.